The molecule has 0 aliphatic carbocycles. The number of rotatable bonds is 14. The first-order chi connectivity index (χ1) is 16.3. The zero-order valence-electron chi connectivity index (χ0n) is 19.0. The van der Waals surface area contributed by atoms with Gasteiger partial charge in [-0.1, -0.05) is 12.1 Å². The molecule has 0 fully saturated rings. The number of nitrogens with two attached hydrogens (primary N) is 2. The second-order valence-corrected chi connectivity index (χ2v) is 7.85. The van der Waals surface area contributed by atoms with Crippen molar-refractivity contribution in [1.82, 2.24) is 16.0 Å². The molecule has 0 spiro atoms. The summed E-state index contributed by atoms with van der Waals surface area (Å²) in [4.78, 5) is 60.3. The predicted molar refractivity (Wildman–Crippen MR) is 120 cm³/mol. The van der Waals surface area contributed by atoms with Crippen molar-refractivity contribution in [2.45, 2.75) is 56.5 Å². The Morgan fingerprint density at radius 1 is 0.943 bits per heavy atom. The number of primary amides is 1. The molecule has 194 valence electrons. The Kier molecular flexibility index (Phi) is 11.6. The minimum atomic E-state index is -1.62. The van der Waals surface area contributed by atoms with Crippen molar-refractivity contribution >= 4 is 29.6 Å². The zero-order valence-corrected chi connectivity index (χ0v) is 19.0. The van der Waals surface area contributed by atoms with Crippen LogP contribution in [0.1, 0.15) is 25.3 Å². The normalized spacial score (nSPS) is 15.1. The van der Waals surface area contributed by atoms with Crippen molar-refractivity contribution in [3.63, 3.8) is 0 Å². The van der Waals surface area contributed by atoms with Crippen molar-refractivity contribution < 1.29 is 44.4 Å². The van der Waals surface area contributed by atoms with Crippen LogP contribution >= 0.6 is 0 Å². The van der Waals surface area contributed by atoms with Crippen molar-refractivity contribution in [2.24, 2.45) is 11.5 Å². The molecule has 1 aromatic carbocycles. The van der Waals surface area contributed by atoms with E-state index in [2.05, 4.69) is 16.0 Å². The average Bonchev–Trinajstić information content (AvgIpc) is 2.79. The highest BCUT2D eigenvalue weighted by atomic mass is 16.4. The number of carboxylic acid groups (broad SMARTS) is 1. The number of carboxylic acids is 1. The summed E-state index contributed by atoms with van der Waals surface area (Å²) in [6.07, 6.45) is -2.21. The number of nitrogens with one attached hydrogen (secondary N) is 3. The summed E-state index contributed by atoms with van der Waals surface area (Å²) in [6.45, 7) is 0.464. The van der Waals surface area contributed by atoms with Gasteiger partial charge in [0.1, 0.15) is 29.9 Å². The van der Waals surface area contributed by atoms with Crippen LogP contribution in [0.25, 0.3) is 0 Å². The van der Waals surface area contributed by atoms with Gasteiger partial charge < -0.3 is 47.8 Å². The van der Waals surface area contributed by atoms with Gasteiger partial charge in [-0.3, -0.25) is 19.2 Å². The number of carbonyl (C=O) groups excluding carboxylic acids is 4. The van der Waals surface area contributed by atoms with Crippen molar-refractivity contribution in [2.75, 3.05) is 6.61 Å². The summed E-state index contributed by atoms with van der Waals surface area (Å²) < 4.78 is 0. The van der Waals surface area contributed by atoms with E-state index in [0.29, 0.717) is 5.56 Å². The standard InChI is InChI=1S/C21H31N5O9/c1-10(28)17(20(33)25-15(21(34)35)8-11-2-4-12(29)5-3-11)26-19(32)14(6-7-16(23)30)24-18(31)13(22)9-27/h2-5,10,13-15,17,27-29H,6-9,22H2,1H3,(H2,23,30)(H,24,31)(H,25,33)(H,26,32)(H,34,35). The number of amides is 4. The maximum absolute atomic E-state index is 12.8. The van der Waals surface area contributed by atoms with Gasteiger partial charge in [-0.05, 0) is 31.0 Å². The number of hydrogen-bond donors (Lipinski definition) is 9. The van der Waals surface area contributed by atoms with Crippen molar-refractivity contribution in [3.8, 4) is 5.75 Å². The number of aromatic hydroxyl groups is 1. The minimum Gasteiger partial charge on any atom is -0.508 e. The molecular weight excluding hydrogens is 466 g/mol. The molecule has 0 aliphatic rings. The lowest BCUT2D eigenvalue weighted by Gasteiger charge is -2.26. The number of aliphatic carboxylic acids is 1. The maximum Gasteiger partial charge on any atom is 0.326 e. The molecule has 0 saturated heterocycles. The van der Waals surface area contributed by atoms with Crippen LogP contribution in [0.3, 0.4) is 0 Å². The molecule has 5 atom stereocenters. The summed E-state index contributed by atoms with van der Waals surface area (Å²) in [7, 11) is 0. The molecule has 1 aromatic rings. The molecule has 0 saturated carbocycles. The van der Waals surface area contributed by atoms with Crippen molar-refractivity contribution in [1.29, 1.82) is 0 Å². The highest BCUT2D eigenvalue weighted by molar-refractivity contribution is 5.94. The summed E-state index contributed by atoms with van der Waals surface area (Å²) >= 11 is 0. The van der Waals surface area contributed by atoms with E-state index in [1.807, 2.05) is 0 Å². The smallest absolute Gasteiger partial charge is 0.326 e. The van der Waals surface area contributed by atoms with E-state index >= 15 is 0 Å². The minimum absolute atomic E-state index is 0.0283. The molecule has 14 nitrogen and oxygen atoms in total. The number of aliphatic hydroxyl groups excluding tert-OH is 2. The van der Waals surface area contributed by atoms with Gasteiger partial charge in [0.25, 0.3) is 0 Å². The Balaban J connectivity index is 2.98. The van der Waals surface area contributed by atoms with Crippen LogP contribution in [0.2, 0.25) is 0 Å². The van der Waals surface area contributed by atoms with E-state index in [0.717, 1.165) is 0 Å². The lowest BCUT2D eigenvalue weighted by molar-refractivity contribution is -0.143. The van der Waals surface area contributed by atoms with Gasteiger partial charge in [0.05, 0.1) is 12.7 Å². The number of phenols is 1. The lowest BCUT2D eigenvalue weighted by Crippen LogP contribution is -2.60. The summed E-state index contributed by atoms with van der Waals surface area (Å²) in [6, 6.07) is -0.180. The quantitative estimate of drug-likeness (QED) is 0.122. The van der Waals surface area contributed by atoms with E-state index in [4.69, 9.17) is 16.6 Å². The highest BCUT2D eigenvalue weighted by Crippen LogP contribution is 2.12. The van der Waals surface area contributed by atoms with Gasteiger partial charge in [-0.25, -0.2) is 4.79 Å². The third kappa shape index (κ3) is 9.95. The van der Waals surface area contributed by atoms with Crippen LogP contribution in [0, 0.1) is 0 Å². The second-order valence-electron chi connectivity index (χ2n) is 7.85. The fraction of sp³-hybridized carbons (Fsp3) is 0.476. The molecule has 1 rings (SSSR count). The molecule has 14 heteroatoms. The first-order valence-corrected chi connectivity index (χ1v) is 10.6. The molecule has 5 unspecified atom stereocenters. The monoisotopic (exact) mass is 497 g/mol. The largest absolute Gasteiger partial charge is 0.508 e. The number of phenolic OH excluding ortho intramolecular Hbond substituents is 1. The maximum atomic E-state index is 12.8. The molecule has 0 radical (unpaired) electrons. The Labute approximate surface area is 200 Å². The van der Waals surface area contributed by atoms with Gasteiger partial charge >= 0.3 is 5.97 Å². The first kappa shape index (κ1) is 29.3. The number of benzene rings is 1. The van der Waals surface area contributed by atoms with Gasteiger partial charge in [0, 0.05) is 12.8 Å². The van der Waals surface area contributed by atoms with Crippen LogP contribution in [-0.2, 0) is 30.4 Å². The predicted octanol–water partition coefficient (Wildman–Crippen LogP) is -3.56. The van der Waals surface area contributed by atoms with E-state index in [9.17, 15) is 39.3 Å². The van der Waals surface area contributed by atoms with Crippen LogP contribution < -0.4 is 27.4 Å². The SMILES string of the molecule is CC(O)C(NC(=O)C(CCC(N)=O)NC(=O)C(N)CO)C(=O)NC(Cc1ccc(O)cc1)C(=O)O. The molecule has 0 aliphatic heterocycles. The summed E-state index contributed by atoms with van der Waals surface area (Å²) in [5, 5.41) is 44.6. The fourth-order valence-electron chi connectivity index (χ4n) is 2.91. The third-order valence-electron chi connectivity index (χ3n) is 4.90. The number of aliphatic hydroxyl groups is 2. The summed E-state index contributed by atoms with van der Waals surface area (Å²) in [5.41, 5.74) is 11.0. The third-order valence-corrected chi connectivity index (χ3v) is 4.90. The van der Waals surface area contributed by atoms with E-state index in [1.54, 1.807) is 0 Å². The van der Waals surface area contributed by atoms with Crippen LogP contribution in [0.5, 0.6) is 5.75 Å². The molecular formula is C21H31N5O9. The Bertz CT molecular complexity index is 907. The van der Waals surface area contributed by atoms with E-state index < -0.39 is 66.5 Å². The topological polar surface area (TPSA) is 254 Å². The van der Waals surface area contributed by atoms with Gasteiger partial charge in [-0.2, -0.15) is 0 Å². The van der Waals surface area contributed by atoms with Gasteiger partial charge in [-0.15, -0.1) is 0 Å². The molecule has 0 bridgehead atoms. The molecule has 4 amide bonds. The van der Waals surface area contributed by atoms with Crippen LogP contribution in [0.4, 0.5) is 0 Å². The summed E-state index contributed by atoms with van der Waals surface area (Å²) in [5.74, 6) is -5.09. The average molecular weight is 498 g/mol. The van der Waals surface area contributed by atoms with Gasteiger partial charge in [0.15, 0.2) is 0 Å². The second kappa shape index (κ2) is 13.8. The highest BCUT2D eigenvalue weighted by Gasteiger charge is 2.32. The van der Waals surface area contributed by atoms with E-state index in [-0.39, 0.29) is 25.0 Å². The molecule has 0 heterocycles. The molecule has 11 N–H and O–H groups in total. The van der Waals surface area contributed by atoms with Crippen LogP contribution in [-0.4, -0.2) is 86.9 Å². The first-order valence-electron chi connectivity index (χ1n) is 10.6. The Hall–Kier alpha value is -3.75. The van der Waals surface area contributed by atoms with Gasteiger partial charge in [0.2, 0.25) is 23.6 Å². The Morgan fingerprint density at radius 2 is 1.51 bits per heavy atom. The Morgan fingerprint density at radius 3 is 2.00 bits per heavy atom. The zero-order chi connectivity index (χ0) is 26.7. The van der Waals surface area contributed by atoms with E-state index in [1.165, 1.54) is 31.2 Å². The molecule has 35 heavy (non-hydrogen) atoms. The fourth-order valence-corrected chi connectivity index (χ4v) is 2.91. The number of carbonyl (C=O) groups is 5. The molecule has 0 aromatic heterocycles. The van der Waals surface area contributed by atoms with Crippen LogP contribution in [0.15, 0.2) is 24.3 Å². The lowest BCUT2D eigenvalue weighted by atomic mass is 10.0. The van der Waals surface area contributed by atoms with Crippen molar-refractivity contribution in [3.05, 3.63) is 29.8 Å². The number of hydrogen-bond acceptors (Lipinski definition) is 9.